The second-order valence-electron chi connectivity index (χ2n) is 4.82. The Morgan fingerprint density at radius 2 is 1.65 bits per heavy atom. The van der Waals surface area contributed by atoms with Crippen molar-refractivity contribution in [2.75, 3.05) is 0 Å². The van der Waals surface area contributed by atoms with E-state index in [1.807, 2.05) is 37.3 Å². The summed E-state index contributed by atoms with van der Waals surface area (Å²) in [6.07, 6.45) is 0.561. The highest BCUT2D eigenvalue weighted by atomic mass is 32.2. The number of hydrogen-bond donors (Lipinski definition) is 1. The van der Waals surface area contributed by atoms with E-state index in [9.17, 15) is 8.42 Å². The van der Waals surface area contributed by atoms with E-state index in [0.29, 0.717) is 6.42 Å². The maximum atomic E-state index is 12.2. The Balaban J connectivity index is 2.06. The number of aryl methyl sites for hydroxylation is 1. The maximum absolute atomic E-state index is 12.2. The lowest BCUT2D eigenvalue weighted by atomic mass is 10.1. The smallest absolute Gasteiger partial charge is 0.208 e. The van der Waals surface area contributed by atoms with Gasteiger partial charge in [0.15, 0.2) is 0 Å². The predicted octanol–water partition coefficient (Wildman–Crippen LogP) is 2.72. The van der Waals surface area contributed by atoms with Gasteiger partial charge in [0.05, 0.1) is 4.90 Å². The summed E-state index contributed by atoms with van der Waals surface area (Å²) in [4.78, 5) is 0.268. The summed E-state index contributed by atoms with van der Waals surface area (Å²) in [5.74, 6) is 0. The van der Waals surface area contributed by atoms with Crippen molar-refractivity contribution in [2.45, 2.75) is 24.3 Å². The molecule has 0 aliphatic rings. The SMILES string of the molecule is [CH2]C(Cc1ccccc1)NS(=O)(=O)c1ccc(C)cc1. The summed E-state index contributed by atoms with van der Waals surface area (Å²) in [6.45, 7) is 5.79. The summed E-state index contributed by atoms with van der Waals surface area (Å²) in [7, 11) is -3.51. The highest BCUT2D eigenvalue weighted by Gasteiger charge is 2.17. The van der Waals surface area contributed by atoms with E-state index in [1.54, 1.807) is 24.3 Å². The van der Waals surface area contributed by atoms with E-state index < -0.39 is 16.1 Å². The van der Waals surface area contributed by atoms with Gasteiger partial charge in [-0.2, -0.15) is 0 Å². The van der Waals surface area contributed by atoms with E-state index in [2.05, 4.69) is 11.6 Å². The molecule has 105 valence electrons. The predicted molar refractivity (Wildman–Crippen MR) is 80.8 cm³/mol. The lowest BCUT2D eigenvalue weighted by molar-refractivity contribution is 0.569. The number of rotatable bonds is 5. The van der Waals surface area contributed by atoms with Crippen LogP contribution in [-0.4, -0.2) is 14.5 Å². The van der Waals surface area contributed by atoms with Gasteiger partial charge in [-0.25, -0.2) is 13.1 Å². The minimum absolute atomic E-state index is 0.268. The lowest BCUT2D eigenvalue weighted by Gasteiger charge is -2.14. The summed E-state index contributed by atoms with van der Waals surface area (Å²) in [5, 5.41) is 0. The van der Waals surface area contributed by atoms with Gasteiger partial charge in [-0.15, -0.1) is 0 Å². The summed E-state index contributed by atoms with van der Waals surface area (Å²) in [6, 6.07) is 16.1. The highest BCUT2D eigenvalue weighted by molar-refractivity contribution is 7.89. The van der Waals surface area contributed by atoms with Crippen LogP contribution in [0, 0.1) is 13.8 Å². The average Bonchev–Trinajstić information content (AvgIpc) is 2.39. The number of nitrogens with one attached hydrogen (secondary N) is 1. The van der Waals surface area contributed by atoms with Crippen molar-refractivity contribution < 1.29 is 8.42 Å². The molecule has 0 spiro atoms. The topological polar surface area (TPSA) is 46.2 Å². The first-order chi connectivity index (χ1) is 9.47. The zero-order chi connectivity index (χ0) is 14.6. The van der Waals surface area contributed by atoms with Gasteiger partial charge >= 0.3 is 0 Å². The van der Waals surface area contributed by atoms with Crippen molar-refractivity contribution in [3.63, 3.8) is 0 Å². The summed E-state index contributed by atoms with van der Waals surface area (Å²) in [5.41, 5.74) is 2.08. The van der Waals surface area contributed by atoms with E-state index in [1.165, 1.54) is 0 Å². The fraction of sp³-hybridized carbons (Fsp3) is 0.188. The molecule has 0 saturated heterocycles. The Labute approximate surface area is 120 Å². The van der Waals surface area contributed by atoms with Crippen molar-refractivity contribution in [3.05, 3.63) is 72.6 Å². The number of benzene rings is 2. The van der Waals surface area contributed by atoms with Gasteiger partial charge < -0.3 is 0 Å². The third-order valence-electron chi connectivity index (χ3n) is 2.98. The van der Waals surface area contributed by atoms with Crippen molar-refractivity contribution in [1.29, 1.82) is 0 Å². The minimum atomic E-state index is -3.51. The van der Waals surface area contributed by atoms with Gasteiger partial charge in [-0.1, -0.05) is 48.0 Å². The Kier molecular flexibility index (Phi) is 4.57. The van der Waals surface area contributed by atoms with Crippen LogP contribution in [0.2, 0.25) is 0 Å². The second-order valence-corrected chi connectivity index (χ2v) is 6.53. The molecule has 0 heterocycles. The zero-order valence-corrected chi connectivity index (χ0v) is 12.2. The lowest BCUT2D eigenvalue weighted by Crippen LogP contribution is -2.34. The van der Waals surface area contributed by atoms with E-state index >= 15 is 0 Å². The third-order valence-corrected chi connectivity index (χ3v) is 4.51. The molecule has 2 rings (SSSR count). The molecule has 0 aromatic heterocycles. The molecular formula is C16H18NO2S. The first-order valence-corrected chi connectivity index (χ1v) is 7.92. The van der Waals surface area contributed by atoms with Crippen molar-refractivity contribution >= 4 is 10.0 Å². The monoisotopic (exact) mass is 288 g/mol. The fourth-order valence-corrected chi connectivity index (χ4v) is 3.10. The molecule has 0 fully saturated rings. The van der Waals surface area contributed by atoms with Crippen molar-refractivity contribution in [2.24, 2.45) is 0 Å². The van der Waals surface area contributed by atoms with Crippen molar-refractivity contribution in [3.8, 4) is 0 Å². The summed E-state index contributed by atoms with van der Waals surface area (Å²) < 4.78 is 27.0. The molecule has 4 heteroatoms. The van der Waals surface area contributed by atoms with Crippen molar-refractivity contribution in [1.82, 2.24) is 4.72 Å². The molecule has 0 aliphatic carbocycles. The largest absolute Gasteiger partial charge is 0.240 e. The standard InChI is InChI=1S/C16H18NO2S/c1-13-8-10-16(11-9-13)20(18,19)17-14(2)12-15-6-4-3-5-7-15/h3-11,14,17H,2,12H2,1H3. The molecule has 2 aromatic rings. The molecule has 1 N–H and O–H groups in total. The first-order valence-electron chi connectivity index (χ1n) is 6.43. The molecule has 0 saturated carbocycles. The van der Waals surface area contributed by atoms with E-state index in [-0.39, 0.29) is 4.90 Å². The Bertz CT molecular complexity index is 649. The average molecular weight is 288 g/mol. The second kappa shape index (κ2) is 6.20. The van der Waals surface area contributed by atoms with E-state index in [0.717, 1.165) is 11.1 Å². The normalized spacial score (nSPS) is 13.1. The molecule has 0 aliphatic heterocycles. The molecule has 2 aromatic carbocycles. The van der Waals surface area contributed by atoms with Gasteiger partial charge in [0.2, 0.25) is 10.0 Å². The van der Waals surface area contributed by atoms with Crippen LogP contribution in [0.3, 0.4) is 0 Å². The maximum Gasteiger partial charge on any atom is 0.240 e. The molecule has 1 atom stereocenters. The van der Waals surface area contributed by atoms with Gasteiger partial charge in [-0.05, 0) is 38.0 Å². The van der Waals surface area contributed by atoms with Crippen LogP contribution in [0.4, 0.5) is 0 Å². The van der Waals surface area contributed by atoms with Gasteiger partial charge in [0.1, 0.15) is 0 Å². The van der Waals surface area contributed by atoms with Crippen LogP contribution in [0.5, 0.6) is 0 Å². The molecule has 1 radical (unpaired) electrons. The van der Waals surface area contributed by atoms with Crippen LogP contribution in [-0.2, 0) is 16.4 Å². The number of sulfonamides is 1. The first kappa shape index (κ1) is 14.8. The molecular weight excluding hydrogens is 270 g/mol. The Morgan fingerprint density at radius 1 is 1.05 bits per heavy atom. The Hall–Kier alpha value is -1.65. The van der Waals surface area contributed by atoms with E-state index in [4.69, 9.17) is 0 Å². The Morgan fingerprint density at radius 3 is 2.25 bits per heavy atom. The minimum Gasteiger partial charge on any atom is -0.208 e. The van der Waals surface area contributed by atoms with Gasteiger partial charge in [0.25, 0.3) is 0 Å². The molecule has 3 nitrogen and oxygen atoms in total. The molecule has 20 heavy (non-hydrogen) atoms. The van der Waals surface area contributed by atoms with Crippen LogP contribution in [0.1, 0.15) is 11.1 Å². The fourth-order valence-electron chi connectivity index (χ4n) is 1.95. The van der Waals surface area contributed by atoms with Crippen LogP contribution in [0.25, 0.3) is 0 Å². The van der Waals surface area contributed by atoms with Crippen LogP contribution < -0.4 is 4.72 Å². The van der Waals surface area contributed by atoms with Crippen LogP contribution in [0.15, 0.2) is 59.5 Å². The third kappa shape index (κ3) is 3.92. The summed E-state index contributed by atoms with van der Waals surface area (Å²) >= 11 is 0. The zero-order valence-electron chi connectivity index (χ0n) is 11.4. The molecule has 1 unspecified atom stereocenters. The van der Waals surface area contributed by atoms with Gasteiger partial charge in [0, 0.05) is 6.04 Å². The number of hydrogen-bond acceptors (Lipinski definition) is 2. The van der Waals surface area contributed by atoms with Gasteiger partial charge in [-0.3, -0.25) is 0 Å². The highest BCUT2D eigenvalue weighted by Crippen LogP contribution is 2.11. The quantitative estimate of drug-likeness (QED) is 0.919. The van der Waals surface area contributed by atoms with Crippen LogP contribution >= 0.6 is 0 Å². The molecule has 0 bridgehead atoms. The molecule has 0 amide bonds.